The van der Waals surface area contributed by atoms with Crippen LogP contribution in [0.2, 0.25) is 0 Å². The average Bonchev–Trinajstić information content (AvgIpc) is 2.51. The molecule has 0 bridgehead atoms. The Kier molecular flexibility index (Phi) is 16.7. The summed E-state index contributed by atoms with van der Waals surface area (Å²) in [6.07, 6.45) is 21.4. The van der Waals surface area contributed by atoms with Gasteiger partial charge in [0, 0.05) is 12.2 Å². The van der Waals surface area contributed by atoms with Crippen molar-refractivity contribution in [2.24, 2.45) is 5.92 Å². The van der Waals surface area contributed by atoms with Gasteiger partial charge in [0.1, 0.15) is 0 Å². The molecule has 0 radical (unpaired) electrons. The van der Waals surface area contributed by atoms with E-state index in [4.69, 9.17) is 5.11 Å². The Morgan fingerprint density at radius 1 is 1.09 bits per heavy atom. The predicted octanol–water partition coefficient (Wildman–Crippen LogP) is 6.25. The van der Waals surface area contributed by atoms with Crippen molar-refractivity contribution < 1.29 is 9.90 Å². The molecule has 0 heterocycles. The monoisotopic (exact) mass is 338 g/mol. The molecule has 0 amide bonds. The molecule has 1 unspecified atom stereocenters. The van der Waals surface area contributed by atoms with Gasteiger partial charge in [0.2, 0.25) is 0 Å². The molecule has 0 saturated carbocycles. The Morgan fingerprint density at radius 3 is 2.65 bits per heavy atom. The van der Waals surface area contributed by atoms with Gasteiger partial charge in [0.15, 0.2) is 0 Å². The molecule has 0 aliphatic heterocycles. The number of hydrogen-bond donors (Lipinski definition) is 1. The molecule has 0 aromatic heterocycles. The fraction of sp³-hybridized carbons (Fsp3) is 0.650. The third kappa shape index (κ3) is 19.0. The van der Waals surface area contributed by atoms with Crippen LogP contribution in [-0.4, -0.2) is 22.6 Å². The molecule has 2 nitrogen and oxygen atoms in total. The number of allylic oxidation sites excluding steroid dienone is 5. The molecule has 132 valence electrons. The first-order valence-electron chi connectivity index (χ1n) is 8.94. The third-order valence-corrected chi connectivity index (χ3v) is 4.47. The van der Waals surface area contributed by atoms with Crippen molar-refractivity contribution in [1.82, 2.24) is 0 Å². The van der Waals surface area contributed by atoms with Crippen LogP contribution in [0.5, 0.6) is 0 Å². The molecule has 0 aliphatic rings. The Hall–Kier alpha value is -0.960. The zero-order valence-corrected chi connectivity index (χ0v) is 15.7. The van der Waals surface area contributed by atoms with Gasteiger partial charge < -0.3 is 5.11 Å². The van der Waals surface area contributed by atoms with Gasteiger partial charge in [-0.3, -0.25) is 4.79 Å². The molecule has 0 fully saturated rings. The smallest absolute Gasteiger partial charge is 0.303 e. The summed E-state index contributed by atoms with van der Waals surface area (Å²) in [5.74, 6) is 2.14. The number of carbonyl (C=O) groups is 1. The molecule has 1 N–H and O–H groups in total. The summed E-state index contributed by atoms with van der Waals surface area (Å²) in [7, 11) is 0. The highest BCUT2D eigenvalue weighted by atomic mass is 32.2. The summed E-state index contributed by atoms with van der Waals surface area (Å²) in [5, 5.41) is 8.51. The van der Waals surface area contributed by atoms with Crippen LogP contribution in [0.25, 0.3) is 0 Å². The molecule has 0 saturated heterocycles. The predicted molar refractivity (Wildman–Crippen MR) is 104 cm³/mol. The second-order valence-electron chi connectivity index (χ2n) is 5.91. The van der Waals surface area contributed by atoms with Gasteiger partial charge in [0.25, 0.3) is 0 Å². The van der Waals surface area contributed by atoms with E-state index in [1.807, 2.05) is 11.8 Å². The highest BCUT2D eigenvalue weighted by Gasteiger charge is 1.95. The van der Waals surface area contributed by atoms with Crippen LogP contribution in [0.15, 0.2) is 36.5 Å². The van der Waals surface area contributed by atoms with Crippen LogP contribution >= 0.6 is 11.8 Å². The summed E-state index contributed by atoms with van der Waals surface area (Å²) < 4.78 is 0. The van der Waals surface area contributed by atoms with E-state index >= 15 is 0 Å². The maximum absolute atomic E-state index is 10.3. The number of aliphatic carboxylic acids is 1. The summed E-state index contributed by atoms with van der Waals surface area (Å²) in [4.78, 5) is 10.3. The van der Waals surface area contributed by atoms with E-state index in [2.05, 4.69) is 50.3 Å². The minimum atomic E-state index is -0.705. The van der Waals surface area contributed by atoms with Crippen molar-refractivity contribution in [1.29, 1.82) is 0 Å². The SMILES string of the molecule is CCCCCC(C)/C=C/C=C/CCSC/C=C/CCCC(=O)O. The van der Waals surface area contributed by atoms with Crippen LogP contribution in [0.1, 0.15) is 65.2 Å². The summed E-state index contributed by atoms with van der Waals surface area (Å²) in [6.45, 7) is 4.54. The minimum absolute atomic E-state index is 0.271. The maximum Gasteiger partial charge on any atom is 0.303 e. The summed E-state index contributed by atoms with van der Waals surface area (Å²) in [5.41, 5.74) is 0. The quantitative estimate of drug-likeness (QED) is 0.218. The number of thioether (sulfide) groups is 1. The first-order valence-corrected chi connectivity index (χ1v) is 10.1. The van der Waals surface area contributed by atoms with Gasteiger partial charge in [-0.25, -0.2) is 0 Å². The molecule has 0 aromatic rings. The normalized spacial score (nSPS) is 13.5. The summed E-state index contributed by atoms with van der Waals surface area (Å²) >= 11 is 1.92. The largest absolute Gasteiger partial charge is 0.481 e. The molecular formula is C20H34O2S. The van der Waals surface area contributed by atoms with E-state index in [1.165, 1.54) is 25.7 Å². The molecule has 0 rings (SSSR count). The maximum atomic E-state index is 10.3. The van der Waals surface area contributed by atoms with Gasteiger partial charge in [-0.1, -0.05) is 69.6 Å². The van der Waals surface area contributed by atoms with Crippen molar-refractivity contribution in [2.45, 2.75) is 65.2 Å². The van der Waals surface area contributed by atoms with Gasteiger partial charge in [-0.05, 0) is 37.4 Å². The highest BCUT2D eigenvalue weighted by Crippen LogP contribution is 2.10. The van der Waals surface area contributed by atoms with Gasteiger partial charge >= 0.3 is 5.97 Å². The second kappa shape index (κ2) is 17.4. The summed E-state index contributed by atoms with van der Waals surface area (Å²) in [6, 6.07) is 0. The Bertz CT molecular complexity index is 359. The molecule has 0 aliphatic carbocycles. The van der Waals surface area contributed by atoms with Crippen molar-refractivity contribution >= 4 is 17.7 Å². The number of hydrogen-bond acceptors (Lipinski definition) is 2. The molecule has 3 heteroatoms. The lowest BCUT2D eigenvalue weighted by Crippen LogP contribution is -1.92. The number of rotatable bonds is 15. The lowest BCUT2D eigenvalue weighted by molar-refractivity contribution is -0.137. The first kappa shape index (κ1) is 22.0. The van der Waals surface area contributed by atoms with Crippen molar-refractivity contribution in [3.05, 3.63) is 36.5 Å². The highest BCUT2D eigenvalue weighted by molar-refractivity contribution is 7.99. The molecule has 0 spiro atoms. The lowest BCUT2D eigenvalue weighted by atomic mass is 10.0. The van der Waals surface area contributed by atoms with Crippen LogP contribution in [0.3, 0.4) is 0 Å². The van der Waals surface area contributed by atoms with Crippen molar-refractivity contribution in [2.75, 3.05) is 11.5 Å². The standard InChI is InChI=1S/C20H34O2S/c1-3-4-9-14-19(2)15-10-5-7-12-17-23-18-13-8-6-11-16-20(21)22/h5,7-8,10,13,15,19H,3-4,6,9,11-12,14,16-18H2,1-2H3,(H,21,22)/b7-5+,13-8+,15-10+. The average molecular weight is 339 g/mol. The van der Waals surface area contributed by atoms with E-state index in [9.17, 15) is 4.79 Å². The zero-order chi connectivity index (χ0) is 17.2. The van der Waals surface area contributed by atoms with Crippen LogP contribution in [-0.2, 0) is 4.79 Å². The number of carboxylic acids is 1. The second-order valence-corrected chi connectivity index (χ2v) is 7.06. The van der Waals surface area contributed by atoms with E-state index in [1.54, 1.807) is 0 Å². The topological polar surface area (TPSA) is 37.3 Å². The zero-order valence-electron chi connectivity index (χ0n) is 14.9. The van der Waals surface area contributed by atoms with E-state index in [0.29, 0.717) is 5.92 Å². The number of unbranched alkanes of at least 4 members (excludes halogenated alkanes) is 3. The van der Waals surface area contributed by atoms with Crippen molar-refractivity contribution in [3.8, 4) is 0 Å². The van der Waals surface area contributed by atoms with Gasteiger partial charge in [-0.15, -0.1) is 0 Å². The Labute approximate surface area is 147 Å². The van der Waals surface area contributed by atoms with Crippen LogP contribution < -0.4 is 0 Å². The Balaban J connectivity index is 3.43. The van der Waals surface area contributed by atoms with Crippen LogP contribution in [0, 0.1) is 5.92 Å². The van der Waals surface area contributed by atoms with E-state index < -0.39 is 5.97 Å². The fourth-order valence-electron chi connectivity index (χ4n) is 2.10. The third-order valence-electron chi connectivity index (χ3n) is 3.52. The molecular weight excluding hydrogens is 304 g/mol. The number of carboxylic acid groups (broad SMARTS) is 1. The minimum Gasteiger partial charge on any atom is -0.481 e. The van der Waals surface area contributed by atoms with E-state index in [-0.39, 0.29) is 6.42 Å². The van der Waals surface area contributed by atoms with Crippen LogP contribution in [0.4, 0.5) is 0 Å². The molecule has 1 atom stereocenters. The fourth-order valence-corrected chi connectivity index (χ4v) is 2.84. The van der Waals surface area contributed by atoms with Gasteiger partial charge in [-0.2, -0.15) is 11.8 Å². The van der Waals surface area contributed by atoms with Gasteiger partial charge in [0.05, 0.1) is 0 Å². The molecule has 0 aromatic carbocycles. The van der Waals surface area contributed by atoms with E-state index in [0.717, 1.165) is 30.8 Å². The lowest BCUT2D eigenvalue weighted by Gasteiger charge is -2.03. The van der Waals surface area contributed by atoms with Crippen molar-refractivity contribution in [3.63, 3.8) is 0 Å². The molecule has 23 heavy (non-hydrogen) atoms. The Morgan fingerprint density at radius 2 is 1.91 bits per heavy atom. The first-order chi connectivity index (χ1) is 11.2.